The predicted molar refractivity (Wildman–Crippen MR) is 108 cm³/mol. The molecule has 0 spiro atoms. The third-order valence-electron chi connectivity index (χ3n) is 5.18. The summed E-state index contributed by atoms with van der Waals surface area (Å²) in [4.78, 5) is 17.0. The van der Waals surface area contributed by atoms with Crippen LogP contribution < -0.4 is 10.6 Å². The van der Waals surface area contributed by atoms with Crippen LogP contribution in [0.25, 0.3) is 5.69 Å². The van der Waals surface area contributed by atoms with Gasteiger partial charge in [-0.1, -0.05) is 16.8 Å². The second-order valence-corrected chi connectivity index (χ2v) is 7.44. The fourth-order valence-electron chi connectivity index (χ4n) is 3.66. The van der Waals surface area contributed by atoms with Crippen molar-refractivity contribution in [2.24, 2.45) is 0 Å². The molecule has 4 rings (SSSR count). The molecule has 1 fully saturated rings. The molecule has 3 heterocycles. The van der Waals surface area contributed by atoms with Crippen LogP contribution in [-0.4, -0.2) is 57.5 Å². The molecule has 1 aliphatic rings. The third-order valence-corrected chi connectivity index (χ3v) is 5.43. The smallest absolute Gasteiger partial charge is 0.348 e. The summed E-state index contributed by atoms with van der Waals surface area (Å²) in [6.07, 6.45) is 0.670. The van der Waals surface area contributed by atoms with Crippen molar-refractivity contribution >= 4 is 17.3 Å². The van der Waals surface area contributed by atoms with Gasteiger partial charge in [0.05, 0.1) is 0 Å². The maximum absolute atomic E-state index is 12.3. The molecule has 0 aliphatic carbocycles. The van der Waals surface area contributed by atoms with E-state index in [-0.39, 0.29) is 5.69 Å². The Hall–Kier alpha value is -2.58. The highest BCUT2D eigenvalue weighted by Gasteiger charge is 2.21. The lowest BCUT2D eigenvalue weighted by molar-refractivity contribution is 0.259. The molecule has 1 aromatic carbocycles. The van der Waals surface area contributed by atoms with Crippen LogP contribution in [0.2, 0.25) is 5.02 Å². The summed E-state index contributed by atoms with van der Waals surface area (Å²) in [6, 6.07) is 7.97. The molecular weight excluding hydrogens is 380 g/mol. The minimum absolute atomic E-state index is 0.267. The molecule has 2 aromatic heterocycles. The average molecular weight is 403 g/mol. The number of anilines is 1. The first kappa shape index (κ1) is 18.8. The largest absolute Gasteiger partial charge is 0.369 e. The van der Waals surface area contributed by atoms with Crippen molar-refractivity contribution in [2.75, 3.05) is 37.6 Å². The molecule has 8 nitrogen and oxygen atoms in total. The predicted octanol–water partition coefficient (Wildman–Crippen LogP) is 2.18. The minimum Gasteiger partial charge on any atom is -0.369 e. The zero-order valence-electron chi connectivity index (χ0n) is 16.0. The Morgan fingerprint density at radius 3 is 2.50 bits per heavy atom. The van der Waals surface area contributed by atoms with E-state index in [1.54, 1.807) is 11.5 Å². The number of hydrogen-bond acceptors (Lipinski definition) is 6. The fourth-order valence-corrected chi connectivity index (χ4v) is 3.79. The molecular formula is C19H23ClN6O2. The van der Waals surface area contributed by atoms with Crippen molar-refractivity contribution in [3.8, 4) is 5.69 Å². The van der Waals surface area contributed by atoms with Gasteiger partial charge >= 0.3 is 5.69 Å². The Kier molecular flexibility index (Phi) is 5.23. The first-order valence-electron chi connectivity index (χ1n) is 9.35. The lowest BCUT2D eigenvalue weighted by Gasteiger charge is -2.36. The van der Waals surface area contributed by atoms with Gasteiger partial charge in [-0.3, -0.25) is 4.90 Å². The monoisotopic (exact) mass is 402 g/mol. The molecule has 0 radical (unpaired) electrons. The molecule has 0 unspecified atom stereocenters. The van der Waals surface area contributed by atoms with Crippen LogP contribution in [0, 0.1) is 13.8 Å². The molecule has 9 heteroatoms. The van der Waals surface area contributed by atoms with Crippen molar-refractivity contribution in [1.82, 2.24) is 24.8 Å². The van der Waals surface area contributed by atoms with Gasteiger partial charge in [0.15, 0.2) is 5.76 Å². The summed E-state index contributed by atoms with van der Waals surface area (Å²) in [5, 5.41) is 11.5. The van der Waals surface area contributed by atoms with Crippen LogP contribution >= 0.6 is 11.6 Å². The van der Waals surface area contributed by atoms with E-state index in [1.165, 1.54) is 5.69 Å². The summed E-state index contributed by atoms with van der Waals surface area (Å²) >= 11 is 5.97. The number of aromatic amines is 1. The number of H-pyrrole nitrogens is 1. The van der Waals surface area contributed by atoms with E-state index in [1.807, 2.05) is 19.1 Å². The maximum Gasteiger partial charge on any atom is 0.348 e. The maximum atomic E-state index is 12.3. The zero-order valence-corrected chi connectivity index (χ0v) is 16.7. The number of aromatic nitrogens is 4. The zero-order chi connectivity index (χ0) is 19.7. The summed E-state index contributed by atoms with van der Waals surface area (Å²) < 4.78 is 6.78. The molecule has 0 amide bonds. The van der Waals surface area contributed by atoms with E-state index in [0.717, 1.165) is 37.7 Å². The molecule has 3 aromatic rings. The second-order valence-electron chi connectivity index (χ2n) is 7.01. The number of halogens is 1. The Morgan fingerprint density at radius 2 is 1.86 bits per heavy atom. The molecule has 1 saturated heterocycles. The first-order valence-corrected chi connectivity index (χ1v) is 9.73. The quantitative estimate of drug-likeness (QED) is 0.704. The van der Waals surface area contributed by atoms with Gasteiger partial charge in [-0.05, 0) is 38.1 Å². The van der Waals surface area contributed by atoms with Crippen LogP contribution in [0.4, 0.5) is 5.69 Å². The molecule has 1 aliphatic heterocycles. The number of hydrogen-bond donors (Lipinski definition) is 1. The van der Waals surface area contributed by atoms with Gasteiger partial charge < -0.3 is 9.42 Å². The second kappa shape index (κ2) is 7.81. The first-order chi connectivity index (χ1) is 13.5. The minimum atomic E-state index is -0.267. The number of rotatable bonds is 5. The van der Waals surface area contributed by atoms with E-state index in [0.29, 0.717) is 29.4 Å². The number of nitrogens with one attached hydrogen (secondary N) is 1. The fraction of sp³-hybridized carbons (Fsp3) is 0.421. The number of nitrogens with zero attached hydrogens (tertiary/aromatic N) is 5. The molecule has 0 saturated carbocycles. The van der Waals surface area contributed by atoms with Crippen LogP contribution in [0.15, 0.2) is 33.6 Å². The molecule has 0 bridgehead atoms. The van der Waals surface area contributed by atoms with E-state index < -0.39 is 0 Å². The van der Waals surface area contributed by atoms with Gasteiger partial charge in [0.2, 0.25) is 0 Å². The van der Waals surface area contributed by atoms with Crippen molar-refractivity contribution in [3.63, 3.8) is 0 Å². The molecule has 28 heavy (non-hydrogen) atoms. The standard InChI is InChI=1S/C19H23ClN6O2/c1-13-18(14(2)28-23-13)26-17(21-22-19(26)27)7-8-24-9-11-25(12-10-24)16-5-3-15(20)4-6-16/h3-6H,7-12H2,1-2H3,(H,22,27). The summed E-state index contributed by atoms with van der Waals surface area (Å²) in [7, 11) is 0. The van der Waals surface area contributed by atoms with Crippen LogP contribution in [-0.2, 0) is 6.42 Å². The lowest BCUT2D eigenvalue weighted by atomic mass is 10.2. The van der Waals surface area contributed by atoms with Gasteiger partial charge in [0.1, 0.15) is 17.2 Å². The summed E-state index contributed by atoms with van der Waals surface area (Å²) in [6.45, 7) is 8.30. The number of piperazine rings is 1. The summed E-state index contributed by atoms with van der Waals surface area (Å²) in [5.41, 5.74) is 2.29. The van der Waals surface area contributed by atoms with Gasteiger partial charge in [0.25, 0.3) is 0 Å². The average Bonchev–Trinajstić information content (AvgIpc) is 3.22. The van der Waals surface area contributed by atoms with Gasteiger partial charge in [0, 0.05) is 49.9 Å². The van der Waals surface area contributed by atoms with Crippen LogP contribution in [0.1, 0.15) is 17.3 Å². The highest BCUT2D eigenvalue weighted by atomic mass is 35.5. The third kappa shape index (κ3) is 3.70. The van der Waals surface area contributed by atoms with Crippen LogP contribution in [0.3, 0.4) is 0 Å². The van der Waals surface area contributed by atoms with Crippen molar-refractivity contribution in [2.45, 2.75) is 20.3 Å². The van der Waals surface area contributed by atoms with Crippen LogP contribution in [0.5, 0.6) is 0 Å². The normalized spacial score (nSPS) is 15.3. The van der Waals surface area contributed by atoms with Gasteiger partial charge in [-0.15, -0.1) is 0 Å². The van der Waals surface area contributed by atoms with E-state index in [2.05, 4.69) is 37.3 Å². The number of benzene rings is 1. The molecule has 0 atom stereocenters. The van der Waals surface area contributed by atoms with Gasteiger partial charge in [-0.2, -0.15) is 5.10 Å². The van der Waals surface area contributed by atoms with E-state index >= 15 is 0 Å². The number of aryl methyl sites for hydroxylation is 2. The lowest BCUT2D eigenvalue weighted by Crippen LogP contribution is -2.47. The van der Waals surface area contributed by atoms with Gasteiger partial charge in [-0.25, -0.2) is 14.5 Å². The Bertz CT molecular complexity index is 979. The van der Waals surface area contributed by atoms with Crippen molar-refractivity contribution in [3.05, 3.63) is 57.1 Å². The Balaban J connectivity index is 1.39. The Labute approximate surface area is 167 Å². The van der Waals surface area contributed by atoms with Crippen molar-refractivity contribution < 1.29 is 4.52 Å². The topological polar surface area (TPSA) is 83.2 Å². The van der Waals surface area contributed by atoms with E-state index in [4.69, 9.17) is 16.1 Å². The highest BCUT2D eigenvalue weighted by Crippen LogP contribution is 2.20. The Morgan fingerprint density at radius 1 is 1.14 bits per heavy atom. The molecule has 148 valence electrons. The molecule has 1 N–H and O–H groups in total. The van der Waals surface area contributed by atoms with E-state index in [9.17, 15) is 4.79 Å². The summed E-state index contributed by atoms with van der Waals surface area (Å²) in [5.74, 6) is 1.30. The highest BCUT2D eigenvalue weighted by molar-refractivity contribution is 6.30. The SMILES string of the molecule is Cc1noc(C)c1-n1c(CCN2CCN(c3ccc(Cl)cc3)CC2)n[nH]c1=O. The van der Waals surface area contributed by atoms with Crippen molar-refractivity contribution in [1.29, 1.82) is 0 Å².